The first-order valence-corrected chi connectivity index (χ1v) is 12.4. The third-order valence-electron chi connectivity index (χ3n) is 5.64. The maximum Gasteiger partial charge on any atom is 0.264 e. The maximum absolute atomic E-state index is 13.8. The van der Waals surface area contributed by atoms with Crippen LogP contribution < -0.4 is 9.62 Å². The molecule has 0 spiro atoms. The molecule has 34 heavy (non-hydrogen) atoms. The van der Waals surface area contributed by atoms with Crippen molar-refractivity contribution in [3.8, 4) is 0 Å². The SMILES string of the molecule is Cc1cccc(C)c1NC(=O)c1ccccc1N(Cc1ccccc1)S(=O)(=O)c1ccccc1. The van der Waals surface area contributed by atoms with Gasteiger partial charge in [-0.05, 0) is 54.8 Å². The van der Waals surface area contributed by atoms with E-state index in [9.17, 15) is 13.2 Å². The quantitative estimate of drug-likeness (QED) is 0.363. The molecule has 4 rings (SSSR count). The second kappa shape index (κ2) is 9.93. The maximum atomic E-state index is 13.8. The summed E-state index contributed by atoms with van der Waals surface area (Å²) in [7, 11) is -3.94. The van der Waals surface area contributed by atoms with Gasteiger partial charge in [0.05, 0.1) is 22.7 Å². The number of amides is 1. The Morgan fingerprint density at radius 2 is 1.29 bits per heavy atom. The molecule has 1 amide bonds. The molecule has 4 aromatic carbocycles. The fraction of sp³-hybridized carbons (Fsp3) is 0.107. The fourth-order valence-electron chi connectivity index (χ4n) is 3.84. The number of hydrogen-bond acceptors (Lipinski definition) is 3. The molecule has 0 saturated carbocycles. The summed E-state index contributed by atoms with van der Waals surface area (Å²) in [5, 5.41) is 2.98. The second-order valence-electron chi connectivity index (χ2n) is 8.05. The summed E-state index contributed by atoms with van der Waals surface area (Å²) in [4.78, 5) is 13.6. The van der Waals surface area contributed by atoms with Gasteiger partial charge in [-0.1, -0.05) is 78.9 Å². The zero-order valence-corrected chi connectivity index (χ0v) is 19.9. The van der Waals surface area contributed by atoms with E-state index in [1.54, 1.807) is 54.6 Å². The number of benzene rings is 4. The summed E-state index contributed by atoms with van der Waals surface area (Å²) >= 11 is 0. The molecule has 0 unspecified atom stereocenters. The number of anilines is 2. The Morgan fingerprint density at radius 3 is 1.94 bits per heavy atom. The monoisotopic (exact) mass is 470 g/mol. The Kier molecular flexibility index (Phi) is 6.80. The Morgan fingerprint density at radius 1 is 0.735 bits per heavy atom. The van der Waals surface area contributed by atoms with Crippen molar-refractivity contribution in [2.75, 3.05) is 9.62 Å². The highest BCUT2D eigenvalue weighted by Gasteiger charge is 2.28. The highest BCUT2D eigenvalue weighted by atomic mass is 32.2. The van der Waals surface area contributed by atoms with Crippen LogP contribution >= 0.6 is 0 Å². The first kappa shape index (κ1) is 23.3. The summed E-state index contributed by atoms with van der Waals surface area (Å²) < 4.78 is 28.8. The number of carbonyl (C=O) groups excluding carboxylic acids is 1. The van der Waals surface area contributed by atoms with Gasteiger partial charge in [0, 0.05) is 5.69 Å². The van der Waals surface area contributed by atoms with Crippen molar-refractivity contribution in [2.24, 2.45) is 0 Å². The van der Waals surface area contributed by atoms with Crippen molar-refractivity contribution in [1.29, 1.82) is 0 Å². The van der Waals surface area contributed by atoms with Crippen LogP contribution in [0.1, 0.15) is 27.0 Å². The average molecular weight is 471 g/mol. The van der Waals surface area contributed by atoms with Crippen LogP contribution in [0.5, 0.6) is 0 Å². The molecule has 0 radical (unpaired) electrons. The fourth-order valence-corrected chi connectivity index (χ4v) is 5.34. The van der Waals surface area contributed by atoms with E-state index in [-0.39, 0.29) is 22.9 Å². The van der Waals surface area contributed by atoms with Crippen molar-refractivity contribution in [1.82, 2.24) is 0 Å². The molecule has 0 aliphatic heterocycles. The van der Waals surface area contributed by atoms with Gasteiger partial charge < -0.3 is 5.32 Å². The zero-order chi connectivity index (χ0) is 24.1. The van der Waals surface area contributed by atoms with Crippen molar-refractivity contribution < 1.29 is 13.2 Å². The highest BCUT2D eigenvalue weighted by molar-refractivity contribution is 7.92. The van der Waals surface area contributed by atoms with Gasteiger partial charge in [-0.3, -0.25) is 9.10 Å². The number of rotatable bonds is 7. The van der Waals surface area contributed by atoms with Gasteiger partial charge >= 0.3 is 0 Å². The number of nitrogens with one attached hydrogen (secondary N) is 1. The predicted molar refractivity (Wildman–Crippen MR) is 137 cm³/mol. The molecular weight excluding hydrogens is 444 g/mol. The zero-order valence-electron chi connectivity index (χ0n) is 19.1. The van der Waals surface area contributed by atoms with Crippen LogP contribution in [0.15, 0.2) is 108 Å². The van der Waals surface area contributed by atoms with Gasteiger partial charge in [-0.2, -0.15) is 0 Å². The van der Waals surface area contributed by atoms with E-state index in [1.165, 1.54) is 4.31 Å². The molecule has 0 atom stereocenters. The molecule has 4 aromatic rings. The number of aryl methyl sites for hydroxylation is 2. The van der Waals surface area contributed by atoms with E-state index in [2.05, 4.69) is 5.32 Å². The number of para-hydroxylation sites is 2. The van der Waals surface area contributed by atoms with E-state index in [1.807, 2.05) is 62.4 Å². The van der Waals surface area contributed by atoms with Crippen LogP contribution in [-0.4, -0.2) is 14.3 Å². The van der Waals surface area contributed by atoms with Gasteiger partial charge in [0.2, 0.25) is 0 Å². The normalized spacial score (nSPS) is 11.1. The first-order chi connectivity index (χ1) is 16.4. The molecule has 0 saturated heterocycles. The van der Waals surface area contributed by atoms with Crippen molar-refractivity contribution in [2.45, 2.75) is 25.3 Å². The Labute approximate surface area is 200 Å². The predicted octanol–water partition coefficient (Wildman–Crippen LogP) is 5.95. The number of hydrogen-bond donors (Lipinski definition) is 1. The molecule has 1 N–H and O–H groups in total. The van der Waals surface area contributed by atoms with Crippen LogP contribution in [0.3, 0.4) is 0 Å². The lowest BCUT2D eigenvalue weighted by Crippen LogP contribution is -2.32. The standard InChI is InChI=1S/C28H26N2O3S/c1-21-12-11-13-22(2)27(21)29-28(31)25-18-9-10-19-26(25)30(20-23-14-5-3-6-15-23)34(32,33)24-16-7-4-8-17-24/h3-19H,20H2,1-2H3,(H,29,31). The minimum absolute atomic E-state index is 0.0890. The second-order valence-corrected chi connectivity index (χ2v) is 9.91. The van der Waals surface area contributed by atoms with Crippen molar-refractivity contribution in [3.63, 3.8) is 0 Å². The highest BCUT2D eigenvalue weighted by Crippen LogP contribution is 2.30. The average Bonchev–Trinajstić information content (AvgIpc) is 2.86. The molecule has 0 aliphatic rings. The van der Waals surface area contributed by atoms with Crippen LogP contribution in [0, 0.1) is 13.8 Å². The molecule has 0 fully saturated rings. The largest absolute Gasteiger partial charge is 0.321 e. The van der Waals surface area contributed by atoms with E-state index in [0.717, 1.165) is 22.4 Å². The molecule has 0 aromatic heterocycles. The molecular formula is C28H26N2O3S. The molecule has 0 aliphatic carbocycles. The molecule has 6 heteroatoms. The first-order valence-electron chi connectivity index (χ1n) is 11.0. The molecule has 0 bridgehead atoms. The van der Waals surface area contributed by atoms with Gasteiger partial charge in [0.1, 0.15) is 0 Å². The summed E-state index contributed by atoms with van der Waals surface area (Å²) in [6, 6.07) is 30.2. The Hall–Kier alpha value is -3.90. The summed E-state index contributed by atoms with van der Waals surface area (Å²) in [6.07, 6.45) is 0. The minimum Gasteiger partial charge on any atom is -0.321 e. The Balaban J connectivity index is 1.81. The lowest BCUT2D eigenvalue weighted by Gasteiger charge is -2.27. The van der Waals surface area contributed by atoms with E-state index in [4.69, 9.17) is 0 Å². The van der Waals surface area contributed by atoms with Crippen LogP contribution in [0.25, 0.3) is 0 Å². The molecule has 172 valence electrons. The van der Waals surface area contributed by atoms with Crippen molar-refractivity contribution >= 4 is 27.3 Å². The van der Waals surface area contributed by atoms with Crippen LogP contribution in [0.4, 0.5) is 11.4 Å². The summed E-state index contributed by atoms with van der Waals surface area (Å²) in [6.45, 7) is 3.94. The van der Waals surface area contributed by atoms with E-state index < -0.39 is 10.0 Å². The summed E-state index contributed by atoms with van der Waals surface area (Å²) in [5.74, 6) is -0.366. The molecule has 5 nitrogen and oxygen atoms in total. The Bertz CT molecular complexity index is 1380. The minimum atomic E-state index is -3.94. The summed E-state index contributed by atoms with van der Waals surface area (Å²) in [5.41, 5.74) is 4.00. The van der Waals surface area contributed by atoms with Crippen molar-refractivity contribution in [3.05, 3.63) is 125 Å². The van der Waals surface area contributed by atoms with E-state index in [0.29, 0.717) is 5.69 Å². The van der Waals surface area contributed by atoms with Crippen LogP contribution in [0.2, 0.25) is 0 Å². The lowest BCUT2D eigenvalue weighted by atomic mass is 10.1. The van der Waals surface area contributed by atoms with Gasteiger partial charge in [-0.25, -0.2) is 8.42 Å². The smallest absolute Gasteiger partial charge is 0.264 e. The number of nitrogens with zero attached hydrogens (tertiary/aromatic N) is 1. The van der Waals surface area contributed by atoms with Gasteiger partial charge in [0.25, 0.3) is 15.9 Å². The number of carbonyl (C=O) groups is 1. The van der Waals surface area contributed by atoms with E-state index >= 15 is 0 Å². The number of sulfonamides is 1. The topological polar surface area (TPSA) is 66.5 Å². The molecule has 0 heterocycles. The third kappa shape index (κ3) is 4.87. The van der Waals surface area contributed by atoms with Gasteiger partial charge in [-0.15, -0.1) is 0 Å². The lowest BCUT2D eigenvalue weighted by molar-refractivity contribution is 0.102. The third-order valence-corrected chi connectivity index (χ3v) is 7.41. The van der Waals surface area contributed by atoms with Gasteiger partial charge in [0.15, 0.2) is 0 Å². The van der Waals surface area contributed by atoms with Crippen LogP contribution in [-0.2, 0) is 16.6 Å².